The zero-order valence-electron chi connectivity index (χ0n) is 27.4. The average molecular weight is 656 g/mol. The summed E-state index contributed by atoms with van der Waals surface area (Å²) in [7, 11) is 0. The maximum absolute atomic E-state index is 2.40. The Morgan fingerprint density at radius 3 is 1.20 bits per heavy atom. The van der Waals surface area contributed by atoms with E-state index < -0.39 is 0 Å². The first-order valence-corrected chi connectivity index (χ1v) is 17.8. The molecule has 0 spiro atoms. The highest BCUT2D eigenvalue weighted by atomic mass is 32.1. The van der Waals surface area contributed by atoms with E-state index in [1.165, 1.54) is 64.7 Å². The van der Waals surface area contributed by atoms with Crippen molar-refractivity contribution in [3.8, 4) is 44.5 Å². The van der Waals surface area contributed by atoms with Crippen LogP contribution in [0.25, 0.3) is 64.7 Å². The third-order valence-electron chi connectivity index (χ3n) is 9.49. The number of thiophene rings is 1. The van der Waals surface area contributed by atoms with Crippen molar-refractivity contribution in [2.24, 2.45) is 0 Å². The van der Waals surface area contributed by atoms with E-state index >= 15 is 0 Å². The smallest absolute Gasteiger partial charge is 0.0475 e. The molecule has 0 saturated carbocycles. The molecule has 50 heavy (non-hydrogen) atoms. The highest BCUT2D eigenvalue weighted by molar-refractivity contribution is 7.26. The summed E-state index contributed by atoms with van der Waals surface area (Å²) in [5.41, 5.74) is 13.1. The molecule has 2 heteroatoms. The summed E-state index contributed by atoms with van der Waals surface area (Å²) in [6.07, 6.45) is 0. The van der Waals surface area contributed by atoms with Crippen LogP contribution in [0.1, 0.15) is 0 Å². The summed E-state index contributed by atoms with van der Waals surface area (Å²) in [6, 6.07) is 72.3. The number of anilines is 3. The Hall–Kier alpha value is -6.22. The Kier molecular flexibility index (Phi) is 7.77. The van der Waals surface area contributed by atoms with Crippen LogP contribution in [-0.2, 0) is 0 Å². The topological polar surface area (TPSA) is 3.24 Å². The number of benzene rings is 8. The normalized spacial score (nSPS) is 11.2. The van der Waals surface area contributed by atoms with Gasteiger partial charge in [0.2, 0.25) is 0 Å². The Labute approximate surface area is 297 Å². The lowest BCUT2D eigenvalue weighted by atomic mass is 9.99. The lowest BCUT2D eigenvalue weighted by Crippen LogP contribution is -2.10. The summed E-state index contributed by atoms with van der Waals surface area (Å²) in [6.45, 7) is 0. The van der Waals surface area contributed by atoms with E-state index in [1.807, 2.05) is 11.3 Å². The first kappa shape index (κ1) is 29.9. The van der Waals surface area contributed by atoms with Crippen LogP contribution in [0.2, 0.25) is 0 Å². The molecule has 8 aromatic carbocycles. The molecule has 0 N–H and O–H groups in total. The Balaban J connectivity index is 1.18. The van der Waals surface area contributed by atoms with Crippen molar-refractivity contribution in [2.75, 3.05) is 4.90 Å². The number of rotatable bonds is 7. The fourth-order valence-corrected chi connectivity index (χ4v) is 8.16. The molecule has 0 unspecified atom stereocenters. The molecule has 1 nitrogen and oxygen atoms in total. The standard InChI is InChI=1S/C48H33NS/c1-4-12-34(13-5-1)36-20-22-37(23-21-36)39-26-30-42(31-27-39)49(41-28-24-38(25-29-41)35-14-6-2-7-15-35)43-32-45(40-16-8-3-9-17-40)48-46(33-43)44-18-10-11-19-47(44)50-48/h1-33H. The number of nitrogens with zero attached hydrogens (tertiary/aromatic N) is 1. The van der Waals surface area contributed by atoms with Gasteiger partial charge in [-0.25, -0.2) is 0 Å². The monoisotopic (exact) mass is 655 g/mol. The van der Waals surface area contributed by atoms with Crippen LogP contribution in [0.5, 0.6) is 0 Å². The van der Waals surface area contributed by atoms with Crippen LogP contribution < -0.4 is 4.90 Å². The average Bonchev–Trinajstić information content (AvgIpc) is 3.58. The Morgan fingerprint density at radius 1 is 0.300 bits per heavy atom. The highest BCUT2D eigenvalue weighted by Gasteiger charge is 2.19. The van der Waals surface area contributed by atoms with Crippen LogP contribution in [0.3, 0.4) is 0 Å². The maximum atomic E-state index is 2.40. The van der Waals surface area contributed by atoms with Gasteiger partial charge in [-0.05, 0) is 81.4 Å². The molecule has 0 bridgehead atoms. The second-order valence-corrected chi connectivity index (χ2v) is 13.6. The molecule has 0 aliphatic carbocycles. The van der Waals surface area contributed by atoms with Crippen molar-refractivity contribution in [1.29, 1.82) is 0 Å². The van der Waals surface area contributed by atoms with Gasteiger partial charge in [-0.1, -0.05) is 158 Å². The molecule has 0 fully saturated rings. The van der Waals surface area contributed by atoms with Gasteiger partial charge in [0.1, 0.15) is 0 Å². The van der Waals surface area contributed by atoms with Crippen LogP contribution >= 0.6 is 11.3 Å². The molecule has 236 valence electrons. The van der Waals surface area contributed by atoms with Crippen LogP contribution in [0.4, 0.5) is 17.1 Å². The molecule has 1 heterocycles. The Morgan fingerprint density at radius 2 is 0.700 bits per heavy atom. The SMILES string of the molecule is c1ccc(-c2ccc(-c3ccc(N(c4ccc(-c5ccccc5)cc4)c4cc(-c5ccccc5)c5sc6ccccc6c5c4)cc3)cc2)cc1. The van der Waals surface area contributed by atoms with Gasteiger partial charge in [-0.3, -0.25) is 0 Å². The maximum Gasteiger partial charge on any atom is 0.0475 e. The lowest BCUT2D eigenvalue weighted by molar-refractivity contribution is 1.29. The molecule has 1 aromatic heterocycles. The quantitative estimate of drug-likeness (QED) is 0.165. The molecular weight excluding hydrogens is 623 g/mol. The van der Waals surface area contributed by atoms with Crippen LogP contribution in [-0.4, -0.2) is 0 Å². The van der Waals surface area contributed by atoms with Gasteiger partial charge in [0.15, 0.2) is 0 Å². The third-order valence-corrected chi connectivity index (χ3v) is 10.7. The van der Waals surface area contributed by atoms with Crippen molar-refractivity contribution in [3.63, 3.8) is 0 Å². The van der Waals surface area contributed by atoms with E-state index in [1.54, 1.807) is 0 Å². The van der Waals surface area contributed by atoms with Gasteiger partial charge in [-0.15, -0.1) is 11.3 Å². The second-order valence-electron chi connectivity index (χ2n) is 12.6. The first-order chi connectivity index (χ1) is 24.8. The van der Waals surface area contributed by atoms with E-state index in [-0.39, 0.29) is 0 Å². The summed E-state index contributed by atoms with van der Waals surface area (Å²) in [5, 5.41) is 2.57. The molecule has 0 saturated heterocycles. The van der Waals surface area contributed by atoms with Crippen molar-refractivity contribution in [2.45, 2.75) is 0 Å². The zero-order chi connectivity index (χ0) is 33.3. The van der Waals surface area contributed by atoms with Gasteiger partial charge in [0.05, 0.1) is 0 Å². The number of hydrogen-bond acceptors (Lipinski definition) is 2. The lowest BCUT2D eigenvalue weighted by Gasteiger charge is -2.27. The molecule has 0 atom stereocenters. The second kappa shape index (κ2) is 13.0. The van der Waals surface area contributed by atoms with E-state index in [9.17, 15) is 0 Å². The molecule has 0 radical (unpaired) electrons. The largest absolute Gasteiger partial charge is 0.310 e. The van der Waals surface area contributed by atoms with Crippen LogP contribution in [0, 0.1) is 0 Å². The summed E-state index contributed by atoms with van der Waals surface area (Å²) in [5.74, 6) is 0. The van der Waals surface area contributed by atoms with Gasteiger partial charge in [0, 0.05) is 42.8 Å². The van der Waals surface area contributed by atoms with E-state index in [0.29, 0.717) is 0 Å². The van der Waals surface area contributed by atoms with Gasteiger partial charge < -0.3 is 4.90 Å². The fraction of sp³-hybridized carbons (Fsp3) is 0. The minimum absolute atomic E-state index is 1.11. The molecule has 9 aromatic rings. The summed E-state index contributed by atoms with van der Waals surface area (Å²) < 4.78 is 2.62. The zero-order valence-corrected chi connectivity index (χ0v) is 28.2. The minimum atomic E-state index is 1.11. The van der Waals surface area contributed by atoms with E-state index in [2.05, 4.69) is 205 Å². The summed E-state index contributed by atoms with van der Waals surface area (Å²) >= 11 is 1.88. The molecule has 0 aliphatic rings. The van der Waals surface area contributed by atoms with Gasteiger partial charge in [-0.2, -0.15) is 0 Å². The number of fused-ring (bicyclic) bond motifs is 3. The van der Waals surface area contributed by atoms with Gasteiger partial charge >= 0.3 is 0 Å². The van der Waals surface area contributed by atoms with Crippen molar-refractivity contribution in [3.05, 3.63) is 200 Å². The highest BCUT2D eigenvalue weighted by Crippen LogP contribution is 2.46. The van der Waals surface area contributed by atoms with Crippen LogP contribution in [0.15, 0.2) is 200 Å². The minimum Gasteiger partial charge on any atom is -0.310 e. The van der Waals surface area contributed by atoms with Crippen molar-refractivity contribution < 1.29 is 0 Å². The molecule has 0 amide bonds. The van der Waals surface area contributed by atoms with E-state index in [4.69, 9.17) is 0 Å². The predicted octanol–water partition coefficient (Wildman–Crippen LogP) is 14.2. The number of hydrogen-bond donors (Lipinski definition) is 0. The fourth-order valence-electron chi connectivity index (χ4n) is 6.94. The van der Waals surface area contributed by atoms with Crippen molar-refractivity contribution in [1.82, 2.24) is 0 Å². The third kappa shape index (κ3) is 5.66. The van der Waals surface area contributed by atoms with Crippen molar-refractivity contribution >= 4 is 48.6 Å². The molecule has 0 aliphatic heterocycles. The first-order valence-electron chi connectivity index (χ1n) is 17.0. The van der Waals surface area contributed by atoms with Gasteiger partial charge in [0.25, 0.3) is 0 Å². The molecular formula is C48H33NS. The Bertz CT molecular complexity index is 2530. The van der Waals surface area contributed by atoms with E-state index in [0.717, 1.165) is 17.1 Å². The summed E-state index contributed by atoms with van der Waals surface area (Å²) in [4.78, 5) is 2.40. The predicted molar refractivity (Wildman–Crippen MR) is 216 cm³/mol. The molecule has 9 rings (SSSR count).